The Kier molecular flexibility index (Phi) is 3.26. The van der Waals surface area contributed by atoms with Gasteiger partial charge in [-0.05, 0) is 31.5 Å². The molecule has 0 aliphatic carbocycles. The molecular weight excluding hydrogens is 254 g/mol. The summed E-state index contributed by atoms with van der Waals surface area (Å²) in [6, 6.07) is 3.94. The number of pyridine rings is 1. The van der Waals surface area contributed by atoms with Gasteiger partial charge in [-0.25, -0.2) is 0 Å². The van der Waals surface area contributed by atoms with Crippen LogP contribution in [0.4, 0.5) is 0 Å². The number of amides is 1. The zero-order valence-electron chi connectivity index (χ0n) is 11.7. The molecule has 1 amide bonds. The summed E-state index contributed by atoms with van der Waals surface area (Å²) in [6.45, 7) is 5.21. The van der Waals surface area contributed by atoms with E-state index in [9.17, 15) is 4.79 Å². The minimum Gasteiger partial charge on any atom is -0.364 e. The highest BCUT2D eigenvalue weighted by Gasteiger charge is 2.23. The Hall–Kier alpha value is -2.17. The van der Waals surface area contributed by atoms with Crippen molar-refractivity contribution in [3.05, 3.63) is 46.6 Å². The molecule has 3 rings (SSSR count). The number of carbonyl (C=O) groups is 1. The average Bonchev–Trinajstić information content (AvgIpc) is 2.84. The van der Waals surface area contributed by atoms with E-state index in [2.05, 4.69) is 10.1 Å². The predicted octanol–water partition coefficient (Wildman–Crippen LogP) is 1.81. The summed E-state index contributed by atoms with van der Waals surface area (Å²) in [4.78, 5) is 18.6. The van der Waals surface area contributed by atoms with E-state index in [-0.39, 0.29) is 5.91 Å². The topological polar surface area (TPSA) is 59.2 Å². The van der Waals surface area contributed by atoms with Gasteiger partial charge in [0.15, 0.2) is 0 Å². The monoisotopic (exact) mass is 271 g/mol. The third kappa shape index (κ3) is 2.57. The normalized spacial score (nSPS) is 14.2. The van der Waals surface area contributed by atoms with Crippen molar-refractivity contribution in [3.63, 3.8) is 0 Å². The molecule has 0 N–H and O–H groups in total. The quantitative estimate of drug-likeness (QED) is 0.836. The third-order valence-electron chi connectivity index (χ3n) is 3.56. The minimum absolute atomic E-state index is 0.141. The van der Waals surface area contributed by atoms with Gasteiger partial charge in [-0.2, -0.15) is 0 Å². The van der Waals surface area contributed by atoms with Crippen LogP contribution in [0.2, 0.25) is 0 Å². The minimum atomic E-state index is 0.141. The third-order valence-corrected chi connectivity index (χ3v) is 3.56. The van der Waals surface area contributed by atoms with Crippen LogP contribution in [0.5, 0.6) is 0 Å². The molecular formula is C15H17N3O2. The van der Waals surface area contributed by atoms with Crippen LogP contribution in [-0.4, -0.2) is 27.5 Å². The van der Waals surface area contributed by atoms with Crippen molar-refractivity contribution in [1.29, 1.82) is 0 Å². The first kappa shape index (κ1) is 12.8. The van der Waals surface area contributed by atoms with Gasteiger partial charge in [-0.1, -0.05) is 5.16 Å². The Bertz CT molecular complexity index is 628. The predicted molar refractivity (Wildman–Crippen MR) is 73.0 cm³/mol. The maximum Gasteiger partial charge on any atom is 0.227 e. The van der Waals surface area contributed by atoms with E-state index in [1.54, 1.807) is 6.26 Å². The number of aryl methyl sites for hydroxylation is 2. The second-order valence-corrected chi connectivity index (χ2v) is 5.29. The van der Waals surface area contributed by atoms with Crippen LogP contribution in [0.1, 0.15) is 28.2 Å². The molecule has 104 valence electrons. The molecule has 0 aromatic carbocycles. The maximum absolute atomic E-state index is 12.4. The van der Waals surface area contributed by atoms with Crippen LogP contribution >= 0.6 is 0 Å². The molecule has 0 saturated carbocycles. The van der Waals surface area contributed by atoms with E-state index in [0.29, 0.717) is 19.5 Å². The number of fused-ring (bicyclic) bond motifs is 1. The maximum atomic E-state index is 12.4. The fourth-order valence-electron chi connectivity index (χ4n) is 2.66. The summed E-state index contributed by atoms with van der Waals surface area (Å²) >= 11 is 0. The first-order valence-electron chi connectivity index (χ1n) is 6.76. The highest BCUT2D eigenvalue weighted by molar-refractivity contribution is 5.79. The zero-order chi connectivity index (χ0) is 14.1. The van der Waals surface area contributed by atoms with Gasteiger partial charge in [-0.3, -0.25) is 9.78 Å². The molecule has 1 aliphatic heterocycles. The Balaban J connectivity index is 1.71. The SMILES string of the molecule is Cc1cc(CC(=O)N2CCc3nocc3C2)cc(C)n1. The highest BCUT2D eigenvalue weighted by Crippen LogP contribution is 2.18. The molecule has 5 nitrogen and oxygen atoms in total. The van der Waals surface area contributed by atoms with E-state index in [1.807, 2.05) is 30.9 Å². The molecule has 0 atom stereocenters. The summed E-state index contributed by atoms with van der Waals surface area (Å²) < 4.78 is 4.95. The molecule has 0 saturated heterocycles. The van der Waals surface area contributed by atoms with Crippen LogP contribution in [0.15, 0.2) is 22.9 Å². The first-order chi connectivity index (χ1) is 9.61. The molecule has 0 spiro atoms. The molecule has 0 radical (unpaired) electrons. The van der Waals surface area contributed by atoms with Crippen LogP contribution < -0.4 is 0 Å². The second kappa shape index (κ2) is 5.07. The smallest absolute Gasteiger partial charge is 0.227 e. The van der Waals surface area contributed by atoms with Crippen LogP contribution in [0.25, 0.3) is 0 Å². The highest BCUT2D eigenvalue weighted by atomic mass is 16.5. The van der Waals surface area contributed by atoms with Gasteiger partial charge in [0.1, 0.15) is 6.26 Å². The molecule has 0 fully saturated rings. The molecule has 20 heavy (non-hydrogen) atoms. The largest absolute Gasteiger partial charge is 0.364 e. The van der Waals surface area contributed by atoms with E-state index in [4.69, 9.17) is 4.52 Å². The summed E-state index contributed by atoms with van der Waals surface area (Å²) in [6.07, 6.45) is 2.83. The molecule has 1 aliphatic rings. The Morgan fingerprint density at radius 1 is 1.35 bits per heavy atom. The van der Waals surface area contributed by atoms with Crippen LogP contribution in [0.3, 0.4) is 0 Å². The summed E-state index contributed by atoms with van der Waals surface area (Å²) in [5, 5.41) is 3.94. The van der Waals surface area contributed by atoms with Gasteiger partial charge < -0.3 is 9.42 Å². The van der Waals surface area contributed by atoms with Crippen molar-refractivity contribution < 1.29 is 9.32 Å². The van der Waals surface area contributed by atoms with Gasteiger partial charge in [0.25, 0.3) is 0 Å². The molecule has 0 bridgehead atoms. The molecule has 2 aromatic rings. The average molecular weight is 271 g/mol. The lowest BCUT2D eigenvalue weighted by Gasteiger charge is -2.26. The molecule has 0 unspecified atom stereocenters. The number of aromatic nitrogens is 2. The molecule has 5 heteroatoms. The van der Waals surface area contributed by atoms with Crippen molar-refractivity contribution in [2.75, 3.05) is 6.54 Å². The van der Waals surface area contributed by atoms with E-state index in [0.717, 1.165) is 34.6 Å². The Morgan fingerprint density at radius 2 is 2.10 bits per heavy atom. The summed E-state index contributed by atoms with van der Waals surface area (Å²) in [5.74, 6) is 0.141. The van der Waals surface area contributed by atoms with Crippen molar-refractivity contribution in [3.8, 4) is 0 Å². The van der Waals surface area contributed by atoms with Crippen molar-refractivity contribution >= 4 is 5.91 Å². The van der Waals surface area contributed by atoms with Gasteiger partial charge in [0.2, 0.25) is 5.91 Å². The lowest BCUT2D eigenvalue weighted by Crippen LogP contribution is -2.36. The number of hydrogen-bond donors (Lipinski definition) is 0. The fourth-order valence-corrected chi connectivity index (χ4v) is 2.66. The first-order valence-corrected chi connectivity index (χ1v) is 6.76. The number of nitrogens with zero attached hydrogens (tertiary/aromatic N) is 3. The fraction of sp³-hybridized carbons (Fsp3) is 0.400. The van der Waals surface area contributed by atoms with E-state index < -0.39 is 0 Å². The lowest BCUT2D eigenvalue weighted by molar-refractivity contribution is -0.131. The lowest BCUT2D eigenvalue weighted by atomic mass is 10.1. The van der Waals surface area contributed by atoms with Crippen LogP contribution in [-0.2, 0) is 24.2 Å². The van der Waals surface area contributed by atoms with Crippen LogP contribution in [0, 0.1) is 13.8 Å². The van der Waals surface area contributed by atoms with Gasteiger partial charge in [0.05, 0.1) is 18.7 Å². The summed E-state index contributed by atoms with van der Waals surface area (Å²) in [5.41, 5.74) is 4.92. The van der Waals surface area contributed by atoms with Gasteiger partial charge in [0, 0.05) is 29.9 Å². The number of hydrogen-bond acceptors (Lipinski definition) is 4. The Labute approximate surface area is 117 Å². The number of carbonyl (C=O) groups excluding carboxylic acids is 1. The van der Waals surface area contributed by atoms with Crippen molar-refractivity contribution in [2.24, 2.45) is 0 Å². The Morgan fingerprint density at radius 3 is 2.85 bits per heavy atom. The molecule has 3 heterocycles. The standard InChI is InChI=1S/C15H17N3O2/c1-10-5-12(6-11(2)16-10)7-15(19)18-4-3-14-13(8-18)9-20-17-14/h5-6,9H,3-4,7-8H2,1-2H3. The summed E-state index contributed by atoms with van der Waals surface area (Å²) in [7, 11) is 0. The zero-order valence-corrected chi connectivity index (χ0v) is 11.7. The van der Waals surface area contributed by atoms with Crippen molar-refractivity contribution in [2.45, 2.75) is 33.2 Å². The van der Waals surface area contributed by atoms with Crippen molar-refractivity contribution in [1.82, 2.24) is 15.0 Å². The molecule has 2 aromatic heterocycles. The number of rotatable bonds is 2. The van der Waals surface area contributed by atoms with E-state index >= 15 is 0 Å². The van der Waals surface area contributed by atoms with E-state index in [1.165, 1.54) is 0 Å². The van der Waals surface area contributed by atoms with Gasteiger partial charge >= 0.3 is 0 Å². The second-order valence-electron chi connectivity index (χ2n) is 5.29. The van der Waals surface area contributed by atoms with Gasteiger partial charge in [-0.15, -0.1) is 0 Å².